The van der Waals surface area contributed by atoms with Crippen LogP contribution >= 0.6 is 0 Å². The van der Waals surface area contributed by atoms with Crippen molar-refractivity contribution in [2.45, 2.75) is 23.8 Å². The van der Waals surface area contributed by atoms with E-state index in [1.54, 1.807) is 66.3 Å². The van der Waals surface area contributed by atoms with Crippen molar-refractivity contribution in [1.82, 2.24) is 8.87 Å². The van der Waals surface area contributed by atoms with Crippen LogP contribution in [0.5, 0.6) is 11.5 Å². The van der Waals surface area contributed by atoms with Crippen molar-refractivity contribution >= 4 is 21.6 Å². The van der Waals surface area contributed by atoms with Crippen molar-refractivity contribution in [3.05, 3.63) is 82.3 Å². The maximum absolute atomic E-state index is 13.3. The lowest BCUT2D eigenvalue weighted by Gasteiger charge is -2.42. The summed E-state index contributed by atoms with van der Waals surface area (Å²) in [6.45, 7) is 1.02. The first-order chi connectivity index (χ1) is 17.3. The number of fused-ring (bicyclic) bond motifs is 4. The van der Waals surface area contributed by atoms with Gasteiger partial charge in [0.15, 0.2) is 0 Å². The van der Waals surface area contributed by atoms with E-state index < -0.39 is 10.0 Å². The first-order valence-electron chi connectivity index (χ1n) is 11.6. The van der Waals surface area contributed by atoms with Crippen molar-refractivity contribution in [1.29, 1.82) is 0 Å². The van der Waals surface area contributed by atoms with Crippen LogP contribution < -0.4 is 20.3 Å². The summed E-state index contributed by atoms with van der Waals surface area (Å²) in [6, 6.07) is 16.4. The molecule has 10 heteroatoms. The van der Waals surface area contributed by atoms with E-state index in [0.29, 0.717) is 36.7 Å². The average Bonchev–Trinajstić information content (AvgIpc) is 2.90. The summed E-state index contributed by atoms with van der Waals surface area (Å²) < 4.78 is 40.1. The first-order valence-corrected chi connectivity index (χ1v) is 13.1. The molecule has 3 aromatic rings. The highest BCUT2D eigenvalue weighted by atomic mass is 32.2. The molecule has 5 rings (SSSR count). The summed E-state index contributed by atoms with van der Waals surface area (Å²) in [5.74, 6) is 0.727. The minimum Gasteiger partial charge on any atom is -0.497 e. The molecule has 1 saturated heterocycles. The zero-order chi connectivity index (χ0) is 25.4. The van der Waals surface area contributed by atoms with Crippen LogP contribution in [0.4, 0.5) is 5.69 Å². The molecule has 0 radical (unpaired) electrons. The molecule has 0 saturated carbocycles. The zero-order valence-corrected chi connectivity index (χ0v) is 20.8. The minimum absolute atomic E-state index is 0.00508. The molecule has 1 N–H and O–H groups in total. The van der Waals surface area contributed by atoms with Crippen molar-refractivity contribution in [2.24, 2.45) is 5.92 Å². The molecule has 36 heavy (non-hydrogen) atoms. The van der Waals surface area contributed by atoms with E-state index in [4.69, 9.17) is 9.47 Å². The van der Waals surface area contributed by atoms with E-state index in [1.807, 2.05) is 6.07 Å². The van der Waals surface area contributed by atoms with Gasteiger partial charge >= 0.3 is 0 Å². The van der Waals surface area contributed by atoms with Gasteiger partial charge in [-0.1, -0.05) is 0 Å². The number of sulfonamides is 1. The Hall–Kier alpha value is -3.63. The Kier molecular flexibility index (Phi) is 6.31. The second-order valence-electron chi connectivity index (χ2n) is 9.07. The minimum atomic E-state index is -3.68. The third-order valence-electron chi connectivity index (χ3n) is 6.87. The molecule has 2 atom stereocenters. The molecule has 3 heterocycles. The van der Waals surface area contributed by atoms with Crippen LogP contribution in [0.25, 0.3) is 0 Å². The Morgan fingerprint density at radius 3 is 2.17 bits per heavy atom. The fourth-order valence-corrected chi connectivity index (χ4v) is 6.59. The number of hydrogen-bond acceptors (Lipinski definition) is 6. The normalized spacial score (nSPS) is 19.3. The van der Waals surface area contributed by atoms with Gasteiger partial charge in [-0.15, -0.1) is 0 Å². The lowest BCUT2D eigenvalue weighted by Crippen LogP contribution is -2.49. The molecule has 0 spiro atoms. The SMILES string of the molecule is COc1ccc(C(=O)Nc2ccc3n(c2=O)CC2CC3CN(S(=O)(=O)c3ccc(OC)cc3)C2)cc1. The lowest BCUT2D eigenvalue weighted by atomic mass is 9.84. The van der Waals surface area contributed by atoms with E-state index in [9.17, 15) is 18.0 Å². The van der Waals surface area contributed by atoms with Gasteiger partial charge in [0.05, 0.1) is 19.1 Å². The van der Waals surface area contributed by atoms with Crippen LogP contribution in [0.15, 0.2) is 70.4 Å². The Morgan fingerprint density at radius 2 is 1.53 bits per heavy atom. The summed E-state index contributed by atoms with van der Waals surface area (Å²) >= 11 is 0. The Morgan fingerprint density at radius 1 is 0.889 bits per heavy atom. The third kappa shape index (κ3) is 4.38. The second kappa shape index (κ2) is 9.44. The quantitative estimate of drug-likeness (QED) is 0.548. The summed E-state index contributed by atoms with van der Waals surface area (Å²) in [6.07, 6.45) is 0.811. The predicted molar refractivity (Wildman–Crippen MR) is 134 cm³/mol. The summed E-state index contributed by atoms with van der Waals surface area (Å²) in [5.41, 5.74) is 1.11. The summed E-state index contributed by atoms with van der Waals surface area (Å²) in [7, 11) is -0.597. The molecule has 1 amide bonds. The number of nitrogens with zero attached hydrogens (tertiary/aromatic N) is 2. The van der Waals surface area contributed by atoms with Gasteiger partial charge in [0.25, 0.3) is 11.5 Å². The molecule has 2 unspecified atom stereocenters. The highest BCUT2D eigenvalue weighted by Gasteiger charge is 2.39. The monoisotopic (exact) mass is 509 g/mol. The predicted octanol–water partition coefficient (Wildman–Crippen LogP) is 2.93. The van der Waals surface area contributed by atoms with Crippen molar-refractivity contribution in [3.63, 3.8) is 0 Å². The zero-order valence-electron chi connectivity index (χ0n) is 20.0. The van der Waals surface area contributed by atoms with Crippen molar-refractivity contribution in [3.8, 4) is 11.5 Å². The van der Waals surface area contributed by atoms with Crippen LogP contribution in [0.3, 0.4) is 0 Å². The summed E-state index contributed by atoms with van der Waals surface area (Å²) in [4.78, 5) is 26.2. The lowest BCUT2D eigenvalue weighted by molar-refractivity contribution is 0.102. The number of anilines is 1. The van der Waals surface area contributed by atoms with E-state index in [1.165, 1.54) is 11.4 Å². The molecule has 2 aliphatic rings. The fourth-order valence-electron chi connectivity index (χ4n) is 5.03. The van der Waals surface area contributed by atoms with Crippen LogP contribution in [0.2, 0.25) is 0 Å². The molecule has 1 aromatic heterocycles. The molecule has 9 nitrogen and oxygen atoms in total. The van der Waals surface area contributed by atoms with Gasteiger partial charge in [-0.25, -0.2) is 8.42 Å². The molecular formula is C26H27N3O6S. The van der Waals surface area contributed by atoms with Crippen LogP contribution in [-0.2, 0) is 16.6 Å². The van der Waals surface area contributed by atoms with Crippen LogP contribution in [0, 0.1) is 5.92 Å². The van der Waals surface area contributed by atoms with Crippen molar-refractivity contribution in [2.75, 3.05) is 32.6 Å². The maximum Gasteiger partial charge on any atom is 0.274 e. The van der Waals surface area contributed by atoms with Gasteiger partial charge in [0.1, 0.15) is 17.2 Å². The number of piperidine rings is 1. The van der Waals surface area contributed by atoms with Crippen LogP contribution in [0.1, 0.15) is 28.4 Å². The number of hydrogen-bond donors (Lipinski definition) is 1. The number of aromatic nitrogens is 1. The average molecular weight is 510 g/mol. The maximum atomic E-state index is 13.3. The highest BCUT2D eigenvalue weighted by Crippen LogP contribution is 2.37. The number of nitrogens with one attached hydrogen (secondary N) is 1. The molecule has 2 bridgehead atoms. The van der Waals surface area contributed by atoms with Gasteiger partial charge in [-0.3, -0.25) is 9.59 Å². The Labute approximate surface area is 209 Å². The third-order valence-corrected chi connectivity index (χ3v) is 8.71. The first kappa shape index (κ1) is 24.1. The van der Waals surface area contributed by atoms with Crippen LogP contribution in [-0.4, -0.2) is 50.5 Å². The number of amides is 1. The topological polar surface area (TPSA) is 107 Å². The molecule has 1 fully saturated rings. The smallest absolute Gasteiger partial charge is 0.274 e. The van der Waals surface area contributed by atoms with E-state index in [2.05, 4.69) is 5.32 Å². The number of benzene rings is 2. The van der Waals surface area contributed by atoms with Gasteiger partial charge in [-0.2, -0.15) is 4.31 Å². The number of carbonyl (C=O) groups is 1. The number of ether oxygens (including phenoxy) is 2. The number of rotatable bonds is 6. The molecule has 0 aliphatic carbocycles. The van der Waals surface area contributed by atoms with E-state index >= 15 is 0 Å². The standard InChI is InChI=1S/C26H27N3O6S/c1-34-20-5-3-18(4-6-20)25(30)27-23-11-12-24-19-13-17(15-29(24)26(23)31)14-28(16-19)36(32,33)22-9-7-21(35-2)8-10-22/h3-12,17,19H,13-16H2,1-2H3,(H,27,30). The van der Waals surface area contributed by atoms with Gasteiger partial charge < -0.3 is 19.4 Å². The number of methoxy groups -OCH3 is 2. The molecule has 2 aromatic carbocycles. The van der Waals surface area contributed by atoms with E-state index in [-0.39, 0.29) is 33.9 Å². The van der Waals surface area contributed by atoms with Crippen molar-refractivity contribution < 1.29 is 22.7 Å². The molecule has 2 aliphatic heterocycles. The fraction of sp³-hybridized carbons (Fsp3) is 0.308. The Balaban J connectivity index is 1.37. The van der Waals surface area contributed by atoms with Gasteiger partial charge in [0, 0.05) is 36.8 Å². The van der Waals surface area contributed by atoms with Gasteiger partial charge in [-0.05, 0) is 73.0 Å². The Bertz CT molecular complexity index is 1450. The van der Waals surface area contributed by atoms with E-state index in [0.717, 1.165) is 12.1 Å². The molecular weight excluding hydrogens is 482 g/mol. The molecule has 188 valence electrons. The highest BCUT2D eigenvalue weighted by molar-refractivity contribution is 7.89. The van der Waals surface area contributed by atoms with Gasteiger partial charge in [0.2, 0.25) is 10.0 Å². The second-order valence-corrected chi connectivity index (χ2v) is 11.0. The number of pyridine rings is 1. The summed E-state index contributed by atoms with van der Waals surface area (Å²) in [5, 5.41) is 2.71. The largest absolute Gasteiger partial charge is 0.497 e. The number of carbonyl (C=O) groups excluding carboxylic acids is 1.